The molecule has 186 valence electrons. The fourth-order valence-corrected chi connectivity index (χ4v) is 6.05. The van der Waals surface area contributed by atoms with Crippen molar-refractivity contribution >= 4 is 17.3 Å². The number of likely N-dealkylation sites (tertiary alicyclic amines) is 1. The summed E-state index contributed by atoms with van der Waals surface area (Å²) >= 11 is 0. The Hall–Kier alpha value is -2.64. The van der Waals surface area contributed by atoms with Gasteiger partial charge in [-0.2, -0.15) is 0 Å². The first-order valence-electron chi connectivity index (χ1n) is 13.1. The van der Waals surface area contributed by atoms with E-state index in [0.717, 1.165) is 50.3 Å². The summed E-state index contributed by atoms with van der Waals surface area (Å²) in [7, 11) is 0. The summed E-state index contributed by atoms with van der Waals surface area (Å²) in [5.41, 5.74) is 2.92. The molecule has 6 rings (SSSR count). The highest BCUT2D eigenvalue weighted by Gasteiger charge is 2.31. The van der Waals surface area contributed by atoms with Gasteiger partial charge in [-0.25, -0.2) is 4.39 Å². The Labute approximate surface area is 206 Å². The van der Waals surface area contributed by atoms with Gasteiger partial charge in [-0.1, -0.05) is 0 Å². The van der Waals surface area contributed by atoms with E-state index in [1.807, 2.05) is 30.3 Å². The van der Waals surface area contributed by atoms with Crippen LogP contribution < -0.4 is 14.5 Å². The zero-order valence-corrected chi connectivity index (χ0v) is 20.3. The molecule has 4 heterocycles. The Morgan fingerprint density at radius 3 is 2.69 bits per heavy atom. The van der Waals surface area contributed by atoms with Crippen LogP contribution in [0.2, 0.25) is 0 Å². The molecular weight excluding hydrogens is 445 g/mol. The minimum Gasteiger partial charge on any atom is -0.491 e. The van der Waals surface area contributed by atoms with Gasteiger partial charge in [0.15, 0.2) is 0 Å². The van der Waals surface area contributed by atoms with E-state index in [2.05, 4.69) is 9.80 Å². The van der Waals surface area contributed by atoms with Crippen LogP contribution in [0.25, 0.3) is 0 Å². The van der Waals surface area contributed by atoms with Crippen LogP contribution in [0.15, 0.2) is 36.4 Å². The second-order valence-electron chi connectivity index (χ2n) is 10.2. The molecule has 0 saturated carbocycles. The Morgan fingerprint density at radius 1 is 1.00 bits per heavy atom. The Kier molecular flexibility index (Phi) is 6.37. The number of ether oxygens (including phenoxy) is 2. The van der Waals surface area contributed by atoms with E-state index in [0.29, 0.717) is 42.6 Å². The van der Waals surface area contributed by atoms with E-state index in [1.54, 1.807) is 4.90 Å². The number of benzene rings is 2. The molecule has 2 aromatic rings. The highest BCUT2D eigenvalue weighted by Crippen LogP contribution is 2.32. The highest BCUT2D eigenvalue weighted by atomic mass is 19.1. The van der Waals surface area contributed by atoms with Crippen LogP contribution in [0, 0.1) is 5.82 Å². The summed E-state index contributed by atoms with van der Waals surface area (Å²) in [5.74, 6) is 0.439. The van der Waals surface area contributed by atoms with Crippen molar-refractivity contribution in [3.8, 4) is 5.75 Å². The smallest absolute Gasteiger partial charge is 0.258 e. The molecule has 2 atom stereocenters. The van der Waals surface area contributed by atoms with Crippen LogP contribution in [-0.4, -0.2) is 68.9 Å². The Balaban J connectivity index is 1.12. The number of carbonyl (C=O) groups excluding carboxylic acids is 1. The van der Waals surface area contributed by atoms with Crippen molar-refractivity contribution in [3.05, 3.63) is 53.3 Å². The van der Waals surface area contributed by atoms with Gasteiger partial charge in [0.05, 0.1) is 11.8 Å². The third kappa shape index (κ3) is 4.64. The van der Waals surface area contributed by atoms with Crippen molar-refractivity contribution < 1.29 is 18.7 Å². The second-order valence-corrected chi connectivity index (χ2v) is 10.2. The average Bonchev–Trinajstić information content (AvgIpc) is 3.66. The van der Waals surface area contributed by atoms with Crippen LogP contribution in [0.1, 0.15) is 48.0 Å². The van der Waals surface area contributed by atoms with Gasteiger partial charge in [-0.3, -0.25) is 9.69 Å². The topological polar surface area (TPSA) is 45.3 Å². The number of amides is 1. The predicted molar refractivity (Wildman–Crippen MR) is 134 cm³/mol. The Bertz CT molecular complexity index is 1080. The molecule has 4 aliphatic heterocycles. The van der Waals surface area contributed by atoms with Crippen LogP contribution in [0.5, 0.6) is 5.75 Å². The molecular formula is C28H34FN3O3. The lowest BCUT2D eigenvalue weighted by atomic mass is 9.98. The van der Waals surface area contributed by atoms with E-state index in [9.17, 15) is 4.79 Å². The molecule has 0 N–H and O–H groups in total. The number of rotatable bonds is 6. The van der Waals surface area contributed by atoms with E-state index in [4.69, 9.17) is 9.47 Å². The predicted octanol–water partition coefficient (Wildman–Crippen LogP) is 4.26. The number of halogens is 1. The molecule has 7 heteroatoms. The maximum atomic E-state index is 15.2. The third-order valence-electron chi connectivity index (χ3n) is 8.02. The molecule has 0 bridgehead atoms. The summed E-state index contributed by atoms with van der Waals surface area (Å²) in [6, 6.07) is 11.4. The van der Waals surface area contributed by atoms with Crippen LogP contribution in [0.4, 0.5) is 15.8 Å². The molecule has 0 spiro atoms. The number of nitrogens with zero attached hydrogens (tertiary/aromatic N) is 3. The monoisotopic (exact) mass is 479 g/mol. The molecule has 3 fully saturated rings. The van der Waals surface area contributed by atoms with E-state index in [1.165, 1.54) is 32.0 Å². The van der Waals surface area contributed by atoms with Gasteiger partial charge in [0.1, 0.15) is 18.2 Å². The van der Waals surface area contributed by atoms with E-state index < -0.39 is 0 Å². The summed E-state index contributed by atoms with van der Waals surface area (Å²) in [5, 5.41) is 0. The lowest BCUT2D eigenvalue weighted by Gasteiger charge is -2.30. The van der Waals surface area contributed by atoms with Gasteiger partial charge >= 0.3 is 0 Å². The summed E-state index contributed by atoms with van der Waals surface area (Å²) in [6.07, 6.45) is 6.62. The van der Waals surface area contributed by atoms with Gasteiger partial charge in [-0.15, -0.1) is 0 Å². The number of hydrogen-bond acceptors (Lipinski definition) is 5. The van der Waals surface area contributed by atoms with Crippen molar-refractivity contribution in [1.82, 2.24) is 4.90 Å². The van der Waals surface area contributed by atoms with Crippen LogP contribution >= 0.6 is 0 Å². The zero-order chi connectivity index (χ0) is 23.8. The molecule has 0 aliphatic carbocycles. The van der Waals surface area contributed by atoms with Crippen molar-refractivity contribution in [3.63, 3.8) is 0 Å². The van der Waals surface area contributed by atoms with Gasteiger partial charge in [0.25, 0.3) is 5.91 Å². The van der Waals surface area contributed by atoms with E-state index >= 15 is 4.39 Å². The van der Waals surface area contributed by atoms with Gasteiger partial charge < -0.3 is 19.3 Å². The quantitative estimate of drug-likeness (QED) is 0.620. The number of fused-ring (bicyclic) bond motifs is 1. The SMILES string of the molecule is O=C1c2ccc(OCC3CCCO3)cc2CCN1c1ccc(N2CC[C@@H](N3CCCC3)C2)c(F)c1. The standard InChI is InChI=1S/C28H34FN3O3/c29-26-17-21(5-8-27(26)31-13-10-22(18-31)30-11-1-2-12-30)32-14-9-20-16-23(6-7-25(20)28(32)33)35-19-24-4-3-15-34-24/h5-8,16-17,22,24H,1-4,9-15,18-19H2/t22-,24?/m1/s1. The first kappa shape index (κ1) is 22.8. The van der Waals surface area contributed by atoms with Crippen molar-refractivity contribution in [1.29, 1.82) is 0 Å². The van der Waals surface area contributed by atoms with E-state index in [-0.39, 0.29) is 17.8 Å². The summed E-state index contributed by atoms with van der Waals surface area (Å²) in [6.45, 7) is 5.97. The van der Waals surface area contributed by atoms with Gasteiger partial charge in [0, 0.05) is 43.5 Å². The zero-order valence-electron chi connectivity index (χ0n) is 20.3. The number of anilines is 2. The van der Waals surface area contributed by atoms with Crippen molar-refractivity contribution in [2.45, 2.75) is 50.7 Å². The first-order valence-corrected chi connectivity index (χ1v) is 13.1. The van der Waals surface area contributed by atoms with Gasteiger partial charge in [-0.05, 0) is 93.6 Å². The Morgan fingerprint density at radius 2 is 1.89 bits per heavy atom. The summed E-state index contributed by atoms with van der Waals surface area (Å²) < 4.78 is 26.8. The fourth-order valence-electron chi connectivity index (χ4n) is 6.05. The molecule has 0 aromatic heterocycles. The molecule has 0 radical (unpaired) electrons. The van der Waals surface area contributed by atoms with Crippen molar-refractivity contribution in [2.75, 3.05) is 55.7 Å². The maximum Gasteiger partial charge on any atom is 0.258 e. The average molecular weight is 480 g/mol. The van der Waals surface area contributed by atoms with Crippen molar-refractivity contribution in [2.24, 2.45) is 0 Å². The molecule has 1 amide bonds. The number of hydrogen-bond donors (Lipinski definition) is 0. The van der Waals surface area contributed by atoms with Crippen LogP contribution in [-0.2, 0) is 11.2 Å². The molecule has 35 heavy (non-hydrogen) atoms. The fraction of sp³-hybridized carbons (Fsp3) is 0.536. The molecule has 3 saturated heterocycles. The summed E-state index contributed by atoms with van der Waals surface area (Å²) in [4.78, 5) is 19.7. The van der Waals surface area contributed by atoms with Crippen LogP contribution in [0.3, 0.4) is 0 Å². The molecule has 1 unspecified atom stereocenters. The molecule has 6 nitrogen and oxygen atoms in total. The molecule has 2 aromatic carbocycles. The largest absolute Gasteiger partial charge is 0.491 e. The lowest BCUT2D eigenvalue weighted by Crippen LogP contribution is -2.38. The normalized spacial score (nSPS) is 24.9. The lowest BCUT2D eigenvalue weighted by molar-refractivity contribution is 0.0679. The highest BCUT2D eigenvalue weighted by molar-refractivity contribution is 6.08. The minimum atomic E-state index is -0.249. The molecule has 4 aliphatic rings. The third-order valence-corrected chi connectivity index (χ3v) is 8.02. The maximum absolute atomic E-state index is 15.2. The second kappa shape index (κ2) is 9.78. The minimum absolute atomic E-state index is 0.0839. The van der Waals surface area contributed by atoms with Gasteiger partial charge in [0.2, 0.25) is 0 Å². The number of carbonyl (C=O) groups is 1. The first-order chi connectivity index (χ1) is 17.2.